The van der Waals surface area contributed by atoms with Crippen molar-refractivity contribution in [2.75, 3.05) is 13.3 Å². The SMILES string of the molecule is CCOc1ccccc1OCNC(=O)NC(C)c1ccc(CC)cc1. The fraction of sp³-hybridized carbons (Fsp3) is 0.350. The minimum atomic E-state index is -0.277. The van der Waals surface area contributed by atoms with Crippen LogP contribution >= 0.6 is 0 Å². The van der Waals surface area contributed by atoms with E-state index in [1.54, 1.807) is 0 Å². The van der Waals surface area contributed by atoms with Crippen LogP contribution in [-0.2, 0) is 6.42 Å². The Morgan fingerprint density at radius 3 is 2.24 bits per heavy atom. The highest BCUT2D eigenvalue weighted by molar-refractivity contribution is 5.74. The lowest BCUT2D eigenvalue weighted by atomic mass is 10.1. The van der Waals surface area contributed by atoms with Crippen LogP contribution in [0.1, 0.15) is 37.9 Å². The maximum absolute atomic E-state index is 12.0. The molecule has 0 bridgehead atoms. The molecule has 2 rings (SSSR count). The van der Waals surface area contributed by atoms with Crippen LogP contribution < -0.4 is 20.1 Å². The molecule has 2 aromatic carbocycles. The molecule has 5 heteroatoms. The van der Waals surface area contributed by atoms with Crippen molar-refractivity contribution in [1.29, 1.82) is 0 Å². The zero-order chi connectivity index (χ0) is 18.1. The Labute approximate surface area is 149 Å². The van der Waals surface area contributed by atoms with Gasteiger partial charge in [-0.2, -0.15) is 0 Å². The quantitative estimate of drug-likeness (QED) is 0.712. The number of benzene rings is 2. The molecule has 1 atom stereocenters. The predicted molar refractivity (Wildman–Crippen MR) is 99.0 cm³/mol. The predicted octanol–water partition coefficient (Wildman–Crippen LogP) is 4.04. The molecule has 134 valence electrons. The lowest BCUT2D eigenvalue weighted by Crippen LogP contribution is -2.39. The molecule has 0 spiro atoms. The third kappa shape index (κ3) is 5.71. The molecule has 5 nitrogen and oxygen atoms in total. The molecule has 0 aromatic heterocycles. The molecule has 1 unspecified atom stereocenters. The van der Waals surface area contributed by atoms with Gasteiger partial charge in [0.1, 0.15) is 0 Å². The van der Waals surface area contributed by atoms with Crippen molar-refractivity contribution < 1.29 is 14.3 Å². The van der Waals surface area contributed by atoms with E-state index in [2.05, 4.69) is 29.7 Å². The number of para-hydroxylation sites is 2. The first kappa shape index (κ1) is 18.6. The van der Waals surface area contributed by atoms with Gasteiger partial charge < -0.3 is 20.1 Å². The largest absolute Gasteiger partial charge is 0.490 e. The first-order valence-corrected chi connectivity index (χ1v) is 8.61. The molecular formula is C20H26N2O3. The lowest BCUT2D eigenvalue weighted by Gasteiger charge is -2.16. The topological polar surface area (TPSA) is 59.6 Å². The number of aryl methyl sites for hydroxylation is 1. The van der Waals surface area contributed by atoms with Crippen molar-refractivity contribution in [2.45, 2.75) is 33.2 Å². The minimum Gasteiger partial charge on any atom is -0.490 e. The molecule has 0 aliphatic heterocycles. The van der Waals surface area contributed by atoms with Crippen molar-refractivity contribution in [3.05, 3.63) is 59.7 Å². The van der Waals surface area contributed by atoms with Gasteiger partial charge in [-0.1, -0.05) is 43.3 Å². The van der Waals surface area contributed by atoms with Crippen molar-refractivity contribution >= 4 is 6.03 Å². The van der Waals surface area contributed by atoms with Crippen LogP contribution in [0.4, 0.5) is 4.79 Å². The number of hydrogen-bond donors (Lipinski definition) is 2. The summed E-state index contributed by atoms with van der Waals surface area (Å²) in [7, 11) is 0. The van der Waals surface area contributed by atoms with E-state index in [1.807, 2.05) is 50.2 Å². The Morgan fingerprint density at radius 2 is 1.64 bits per heavy atom. The molecule has 0 fully saturated rings. The van der Waals surface area contributed by atoms with Crippen LogP contribution in [0.5, 0.6) is 11.5 Å². The van der Waals surface area contributed by atoms with Gasteiger partial charge >= 0.3 is 6.03 Å². The number of urea groups is 1. The van der Waals surface area contributed by atoms with Gasteiger partial charge in [-0.05, 0) is 43.5 Å². The summed E-state index contributed by atoms with van der Waals surface area (Å²) >= 11 is 0. The molecule has 0 radical (unpaired) electrons. The van der Waals surface area contributed by atoms with Gasteiger partial charge in [0.25, 0.3) is 0 Å². The van der Waals surface area contributed by atoms with Crippen molar-refractivity contribution in [2.24, 2.45) is 0 Å². The summed E-state index contributed by atoms with van der Waals surface area (Å²) in [5.74, 6) is 1.27. The molecule has 2 N–H and O–H groups in total. The van der Waals surface area contributed by atoms with Crippen molar-refractivity contribution in [1.82, 2.24) is 10.6 Å². The van der Waals surface area contributed by atoms with Gasteiger partial charge in [0.2, 0.25) is 0 Å². The molecule has 0 saturated heterocycles. The first-order chi connectivity index (χ1) is 12.1. The third-order valence-electron chi connectivity index (χ3n) is 3.84. The van der Waals surface area contributed by atoms with E-state index >= 15 is 0 Å². The minimum absolute atomic E-state index is 0.0669. The summed E-state index contributed by atoms with van der Waals surface area (Å²) in [6.45, 7) is 6.61. The van der Waals surface area contributed by atoms with Crippen LogP contribution in [0, 0.1) is 0 Å². The Bertz CT molecular complexity index is 671. The molecule has 2 aromatic rings. The van der Waals surface area contributed by atoms with Crippen LogP contribution in [0.25, 0.3) is 0 Å². The number of nitrogens with one attached hydrogen (secondary N) is 2. The highest BCUT2D eigenvalue weighted by atomic mass is 16.5. The number of rotatable bonds is 8. The smallest absolute Gasteiger partial charge is 0.317 e. The van der Waals surface area contributed by atoms with Gasteiger partial charge in [-0.3, -0.25) is 0 Å². The van der Waals surface area contributed by atoms with E-state index in [1.165, 1.54) is 5.56 Å². The Hall–Kier alpha value is -2.69. The molecular weight excluding hydrogens is 316 g/mol. The first-order valence-electron chi connectivity index (χ1n) is 8.61. The van der Waals surface area contributed by atoms with Gasteiger partial charge in [-0.15, -0.1) is 0 Å². The summed E-state index contributed by atoms with van der Waals surface area (Å²) in [4.78, 5) is 12.0. The standard InChI is InChI=1S/C20H26N2O3/c1-4-16-10-12-17(13-11-16)15(3)22-20(23)21-14-25-19-9-7-6-8-18(19)24-5-2/h6-13,15H,4-5,14H2,1-3H3,(H2,21,22,23). The fourth-order valence-corrected chi connectivity index (χ4v) is 2.40. The zero-order valence-electron chi connectivity index (χ0n) is 15.0. The monoisotopic (exact) mass is 342 g/mol. The highest BCUT2D eigenvalue weighted by Gasteiger charge is 2.09. The maximum Gasteiger partial charge on any atom is 0.317 e. The second-order valence-electron chi connectivity index (χ2n) is 5.64. The highest BCUT2D eigenvalue weighted by Crippen LogP contribution is 2.25. The average Bonchev–Trinajstić information content (AvgIpc) is 2.63. The van der Waals surface area contributed by atoms with Gasteiger partial charge in [-0.25, -0.2) is 4.79 Å². The maximum atomic E-state index is 12.0. The van der Waals surface area contributed by atoms with Gasteiger partial charge in [0.05, 0.1) is 12.6 Å². The summed E-state index contributed by atoms with van der Waals surface area (Å²) in [6, 6.07) is 15.3. The second kappa shape index (κ2) is 9.57. The van der Waals surface area contributed by atoms with E-state index < -0.39 is 0 Å². The molecule has 0 aliphatic carbocycles. The Kier molecular flexibility index (Phi) is 7.14. The molecule has 0 aliphatic rings. The lowest BCUT2D eigenvalue weighted by molar-refractivity contribution is 0.217. The number of ether oxygens (including phenoxy) is 2. The second-order valence-corrected chi connectivity index (χ2v) is 5.64. The van der Waals surface area contributed by atoms with Crippen LogP contribution in [0.2, 0.25) is 0 Å². The molecule has 2 amide bonds. The van der Waals surface area contributed by atoms with Gasteiger partial charge in [0.15, 0.2) is 18.2 Å². The fourth-order valence-electron chi connectivity index (χ4n) is 2.40. The number of carbonyl (C=O) groups excluding carboxylic acids is 1. The number of carbonyl (C=O) groups is 1. The molecule has 0 saturated carbocycles. The van der Waals surface area contributed by atoms with Crippen molar-refractivity contribution in [3.63, 3.8) is 0 Å². The van der Waals surface area contributed by atoms with E-state index in [0.29, 0.717) is 18.1 Å². The Balaban J connectivity index is 1.80. The summed E-state index contributed by atoms with van der Waals surface area (Å²) < 4.78 is 11.1. The number of hydrogen-bond acceptors (Lipinski definition) is 3. The summed E-state index contributed by atoms with van der Waals surface area (Å²) in [5, 5.41) is 5.59. The van der Waals surface area contributed by atoms with E-state index in [0.717, 1.165) is 12.0 Å². The third-order valence-corrected chi connectivity index (χ3v) is 3.84. The van der Waals surface area contributed by atoms with Gasteiger partial charge in [0, 0.05) is 0 Å². The van der Waals surface area contributed by atoms with Crippen LogP contribution in [0.3, 0.4) is 0 Å². The van der Waals surface area contributed by atoms with Crippen LogP contribution in [-0.4, -0.2) is 19.4 Å². The zero-order valence-corrected chi connectivity index (χ0v) is 15.0. The van der Waals surface area contributed by atoms with E-state index in [9.17, 15) is 4.79 Å². The van der Waals surface area contributed by atoms with Crippen LogP contribution in [0.15, 0.2) is 48.5 Å². The average molecular weight is 342 g/mol. The molecule has 0 heterocycles. The normalized spacial score (nSPS) is 11.5. The van der Waals surface area contributed by atoms with Crippen molar-refractivity contribution in [3.8, 4) is 11.5 Å². The summed E-state index contributed by atoms with van der Waals surface area (Å²) in [5.41, 5.74) is 2.34. The number of amides is 2. The van der Waals surface area contributed by atoms with E-state index in [-0.39, 0.29) is 18.8 Å². The van der Waals surface area contributed by atoms with E-state index in [4.69, 9.17) is 9.47 Å². The Morgan fingerprint density at radius 1 is 1.00 bits per heavy atom. The summed E-state index contributed by atoms with van der Waals surface area (Å²) in [6.07, 6.45) is 1.00. The molecule has 25 heavy (non-hydrogen) atoms.